The van der Waals surface area contributed by atoms with Gasteiger partial charge in [0.15, 0.2) is 6.35 Å². The normalized spacial score (nSPS) is 55.3. The monoisotopic (exact) mass is 164 g/mol. The van der Waals surface area contributed by atoms with Crippen LogP contribution < -0.4 is 0 Å². The average Bonchev–Trinajstić information content (AvgIpc) is 2.40. The van der Waals surface area contributed by atoms with E-state index in [1.807, 2.05) is 8.02 Å². The average molecular weight is 164 g/mol. The molecule has 0 radical (unpaired) electrons. The van der Waals surface area contributed by atoms with Gasteiger partial charge in [-0.3, -0.25) is 0 Å². The Balaban J connectivity index is 2.03. The van der Waals surface area contributed by atoms with Gasteiger partial charge < -0.3 is 5.11 Å². The number of hydrogen-bond acceptors (Lipinski definition) is 5. The molecular weight excluding hydrogens is 156 g/mol. The molecule has 52 valence electrons. The van der Waals surface area contributed by atoms with Crippen molar-refractivity contribution in [1.29, 1.82) is 0 Å². The Labute approximate surface area is 62.8 Å². The summed E-state index contributed by atoms with van der Waals surface area (Å²) in [6.45, 7) is 2.13. The van der Waals surface area contributed by atoms with E-state index < -0.39 is 0 Å². The van der Waals surface area contributed by atoms with Crippen molar-refractivity contribution in [3.63, 3.8) is 0 Å². The Morgan fingerprint density at radius 2 is 2.44 bits per heavy atom. The van der Waals surface area contributed by atoms with Crippen molar-refractivity contribution >= 4 is 24.1 Å². The van der Waals surface area contributed by atoms with Gasteiger partial charge in [0.05, 0.1) is 5.37 Å². The van der Waals surface area contributed by atoms with Crippen LogP contribution >= 0.6 is 24.1 Å². The maximum atomic E-state index is 9.16. The van der Waals surface area contributed by atoms with Crippen molar-refractivity contribution in [3.8, 4) is 0 Å². The van der Waals surface area contributed by atoms with Crippen LogP contribution in [-0.4, -0.2) is 24.8 Å². The molecular formula is C4H8N2OS2. The van der Waals surface area contributed by atoms with Gasteiger partial charge in [0.1, 0.15) is 0 Å². The summed E-state index contributed by atoms with van der Waals surface area (Å²) in [4.78, 5) is 0. The largest absolute Gasteiger partial charge is 0.363 e. The molecule has 4 atom stereocenters. The number of hydrogen-bond donors (Lipinski definition) is 1. The van der Waals surface area contributed by atoms with Gasteiger partial charge in [-0.1, -0.05) is 6.92 Å². The standard InChI is InChI=1S/C4H8N2OS2/c1-2-3-5-4(7)6(8-3)9-5/h3-4,7H,2H2,1H3/t3-,4+/m0/s1. The molecule has 0 spiro atoms. The van der Waals surface area contributed by atoms with E-state index in [1.165, 1.54) is 0 Å². The van der Waals surface area contributed by atoms with Crippen molar-refractivity contribution < 1.29 is 5.11 Å². The highest BCUT2D eigenvalue weighted by Gasteiger charge is 2.50. The third-order valence-corrected chi connectivity index (χ3v) is 4.22. The van der Waals surface area contributed by atoms with E-state index in [-0.39, 0.29) is 6.35 Å². The zero-order chi connectivity index (χ0) is 6.43. The fourth-order valence-corrected chi connectivity index (χ4v) is 3.37. The summed E-state index contributed by atoms with van der Waals surface area (Å²) in [5, 5.41) is 9.66. The quantitative estimate of drug-likeness (QED) is 0.580. The minimum absolute atomic E-state index is 0.315. The van der Waals surface area contributed by atoms with Gasteiger partial charge in [0, 0.05) is 12.1 Å². The Morgan fingerprint density at radius 3 is 2.67 bits per heavy atom. The highest BCUT2D eigenvalue weighted by atomic mass is 32.2. The summed E-state index contributed by atoms with van der Waals surface area (Å²) >= 11 is 3.33. The Kier molecular flexibility index (Phi) is 1.42. The predicted octanol–water partition coefficient (Wildman–Crippen LogP) is 0.841. The molecule has 2 unspecified atom stereocenters. The van der Waals surface area contributed by atoms with Gasteiger partial charge in [-0.2, -0.15) is 4.31 Å². The van der Waals surface area contributed by atoms with Crippen LogP contribution in [0.25, 0.3) is 0 Å². The maximum absolute atomic E-state index is 9.16. The molecule has 0 aromatic rings. The molecule has 3 saturated heterocycles. The lowest BCUT2D eigenvalue weighted by Gasteiger charge is -2.33. The SMILES string of the molecule is CC[C@@H]1SN2SN1[C@H]2O. The van der Waals surface area contributed by atoms with E-state index in [4.69, 9.17) is 5.11 Å². The van der Waals surface area contributed by atoms with Crippen LogP contribution in [0.3, 0.4) is 0 Å². The molecule has 3 heterocycles. The summed E-state index contributed by atoms with van der Waals surface area (Å²) in [6.07, 6.45) is 0.788. The highest BCUT2D eigenvalue weighted by Crippen LogP contribution is 2.54. The number of aliphatic hydroxyl groups is 1. The predicted molar refractivity (Wildman–Crippen MR) is 38.9 cm³/mol. The highest BCUT2D eigenvalue weighted by molar-refractivity contribution is 8.15. The lowest BCUT2D eigenvalue weighted by molar-refractivity contribution is -0.000237. The third-order valence-electron chi connectivity index (χ3n) is 1.45. The fourth-order valence-electron chi connectivity index (χ4n) is 0.925. The van der Waals surface area contributed by atoms with Crippen LogP contribution in [0.15, 0.2) is 0 Å². The molecule has 3 nitrogen and oxygen atoms in total. The summed E-state index contributed by atoms with van der Waals surface area (Å²) < 4.78 is 3.92. The summed E-state index contributed by atoms with van der Waals surface area (Å²) in [6, 6.07) is 0. The van der Waals surface area contributed by atoms with E-state index in [0.29, 0.717) is 5.37 Å². The molecule has 2 bridgehead atoms. The van der Waals surface area contributed by atoms with Crippen LogP contribution in [0.5, 0.6) is 0 Å². The summed E-state index contributed by atoms with van der Waals surface area (Å²) in [5.41, 5.74) is 0. The molecule has 3 aliphatic rings. The second-order valence-electron chi connectivity index (χ2n) is 2.04. The van der Waals surface area contributed by atoms with Crippen molar-refractivity contribution in [2.45, 2.75) is 25.1 Å². The van der Waals surface area contributed by atoms with Crippen molar-refractivity contribution in [2.75, 3.05) is 0 Å². The Bertz CT molecular complexity index is 134. The maximum Gasteiger partial charge on any atom is 0.196 e. The molecule has 0 aromatic heterocycles. The molecule has 0 amide bonds. The first-order valence-electron chi connectivity index (χ1n) is 2.93. The molecule has 3 fully saturated rings. The van der Waals surface area contributed by atoms with Crippen molar-refractivity contribution in [2.24, 2.45) is 0 Å². The van der Waals surface area contributed by atoms with Crippen LogP contribution in [0.4, 0.5) is 0 Å². The molecule has 1 N–H and O–H groups in total. The molecule has 5 heteroatoms. The smallest absolute Gasteiger partial charge is 0.196 e. The number of rotatable bonds is 1. The molecule has 0 saturated carbocycles. The molecule has 0 aliphatic carbocycles. The van der Waals surface area contributed by atoms with Crippen molar-refractivity contribution in [3.05, 3.63) is 0 Å². The van der Waals surface area contributed by atoms with Crippen LogP contribution in [-0.2, 0) is 0 Å². The van der Waals surface area contributed by atoms with Crippen LogP contribution in [0, 0.1) is 0 Å². The number of aliphatic hydroxyl groups excluding tert-OH is 1. The molecule has 9 heavy (non-hydrogen) atoms. The molecule has 3 rings (SSSR count). The van der Waals surface area contributed by atoms with Crippen LogP contribution in [0.1, 0.15) is 13.3 Å². The van der Waals surface area contributed by atoms with Gasteiger partial charge in [0.2, 0.25) is 0 Å². The minimum atomic E-state index is -0.315. The Morgan fingerprint density at radius 1 is 1.67 bits per heavy atom. The van der Waals surface area contributed by atoms with E-state index >= 15 is 0 Å². The van der Waals surface area contributed by atoms with Gasteiger partial charge in [-0.25, -0.2) is 0 Å². The van der Waals surface area contributed by atoms with Gasteiger partial charge in [-0.15, -0.1) is 3.71 Å². The second kappa shape index (κ2) is 2.03. The Hall–Kier alpha value is 0.580. The third kappa shape index (κ3) is 0.729. The lowest BCUT2D eigenvalue weighted by atomic mass is 10.5. The fraction of sp³-hybridized carbons (Fsp3) is 1.00. The molecule has 3 aliphatic heterocycles. The first-order chi connectivity index (χ1) is 4.33. The van der Waals surface area contributed by atoms with Gasteiger partial charge in [-0.05, 0) is 18.4 Å². The van der Waals surface area contributed by atoms with E-state index in [9.17, 15) is 0 Å². The first-order valence-corrected chi connectivity index (χ1v) is 4.50. The summed E-state index contributed by atoms with van der Waals surface area (Å²) in [5.74, 6) is 0. The van der Waals surface area contributed by atoms with Crippen molar-refractivity contribution in [1.82, 2.24) is 8.02 Å². The van der Waals surface area contributed by atoms with E-state index in [2.05, 4.69) is 6.92 Å². The van der Waals surface area contributed by atoms with E-state index in [1.54, 1.807) is 24.1 Å². The van der Waals surface area contributed by atoms with E-state index in [0.717, 1.165) is 6.42 Å². The zero-order valence-corrected chi connectivity index (χ0v) is 6.65. The second-order valence-corrected chi connectivity index (χ2v) is 4.40. The number of fused-ring (bicyclic) bond motifs is 1. The summed E-state index contributed by atoms with van der Waals surface area (Å²) in [7, 11) is 0. The lowest BCUT2D eigenvalue weighted by Crippen LogP contribution is -2.43. The van der Waals surface area contributed by atoms with Crippen LogP contribution in [0.2, 0.25) is 0 Å². The zero-order valence-electron chi connectivity index (χ0n) is 5.02. The minimum Gasteiger partial charge on any atom is -0.363 e. The van der Waals surface area contributed by atoms with Gasteiger partial charge in [0.25, 0.3) is 0 Å². The number of nitrogens with zero attached hydrogens (tertiary/aromatic N) is 2. The first kappa shape index (κ1) is 6.30. The molecule has 0 aromatic carbocycles. The topological polar surface area (TPSA) is 26.7 Å². The van der Waals surface area contributed by atoms with Gasteiger partial charge >= 0.3 is 0 Å².